The molecule has 0 fully saturated rings. The van der Waals surface area contributed by atoms with Gasteiger partial charge >= 0.3 is 0 Å². The van der Waals surface area contributed by atoms with Crippen LogP contribution in [0.3, 0.4) is 0 Å². The zero-order valence-corrected chi connectivity index (χ0v) is 33.7. The Morgan fingerprint density at radius 1 is 0.333 bits per heavy atom. The summed E-state index contributed by atoms with van der Waals surface area (Å²) in [7, 11) is 0. The van der Waals surface area contributed by atoms with Crippen molar-refractivity contribution in [3.05, 3.63) is 230 Å². The zero-order valence-electron chi connectivity index (χ0n) is 33.7. The first-order chi connectivity index (χ1) is 29.6. The van der Waals surface area contributed by atoms with E-state index >= 15 is 0 Å². The second-order valence-corrected chi connectivity index (χ2v) is 15.9. The number of fused-ring (bicyclic) bond motifs is 5. The van der Waals surface area contributed by atoms with Gasteiger partial charge in [0.25, 0.3) is 0 Å². The lowest BCUT2D eigenvalue weighted by molar-refractivity contribution is -0.680. The first-order valence-corrected chi connectivity index (χ1v) is 20.8. The van der Waals surface area contributed by atoms with Crippen LogP contribution in [-0.2, 0) is 0 Å². The highest BCUT2D eigenvalue weighted by atomic mass is 15.1. The molecule has 0 saturated carbocycles. The number of hydrogen-bond acceptors (Lipinski definition) is 0. The van der Waals surface area contributed by atoms with Crippen LogP contribution >= 0.6 is 0 Å². The molecule has 1 N–H and O–H groups in total. The number of para-hydroxylation sites is 3. The van der Waals surface area contributed by atoms with Gasteiger partial charge < -0.3 is 4.57 Å². The van der Waals surface area contributed by atoms with Crippen LogP contribution < -0.4 is 4.90 Å². The van der Waals surface area contributed by atoms with Gasteiger partial charge in [-0.3, -0.25) is 0 Å². The van der Waals surface area contributed by atoms with Crippen molar-refractivity contribution in [1.82, 2.24) is 4.57 Å². The lowest BCUT2D eigenvalue weighted by Crippen LogP contribution is -2.96. The zero-order chi connectivity index (χ0) is 40.2. The van der Waals surface area contributed by atoms with Crippen LogP contribution in [0, 0.1) is 13.8 Å². The van der Waals surface area contributed by atoms with Gasteiger partial charge in [-0.15, -0.1) is 0 Å². The van der Waals surface area contributed by atoms with E-state index in [2.05, 4.69) is 237 Å². The van der Waals surface area contributed by atoms with E-state index < -0.39 is 0 Å². The molecule has 10 aromatic carbocycles. The molecule has 60 heavy (non-hydrogen) atoms. The average Bonchev–Trinajstić information content (AvgIpc) is 3.64. The highest BCUT2D eigenvalue weighted by molar-refractivity contribution is 6.21. The Morgan fingerprint density at radius 2 is 0.767 bits per heavy atom. The summed E-state index contributed by atoms with van der Waals surface area (Å²) in [6, 6.07) is 80.1. The Hall–Kier alpha value is -7.52. The lowest BCUT2D eigenvalue weighted by Gasteiger charge is -2.22. The molecule has 0 amide bonds. The molecule has 0 radical (unpaired) electrons. The molecule has 0 unspecified atom stereocenters. The minimum atomic E-state index is 1.14. The molecule has 11 aromatic rings. The fourth-order valence-corrected chi connectivity index (χ4v) is 9.50. The summed E-state index contributed by atoms with van der Waals surface area (Å²) in [6.07, 6.45) is 0. The third kappa shape index (κ3) is 5.92. The Labute approximate surface area is 350 Å². The van der Waals surface area contributed by atoms with Crippen LogP contribution in [0.5, 0.6) is 0 Å². The van der Waals surface area contributed by atoms with Gasteiger partial charge in [0.2, 0.25) is 0 Å². The van der Waals surface area contributed by atoms with Gasteiger partial charge in [-0.05, 0) is 135 Å². The summed E-state index contributed by atoms with van der Waals surface area (Å²) in [4.78, 5) is 1.24. The Kier molecular flexibility index (Phi) is 8.73. The number of aromatic nitrogens is 1. The Morgan fingerprint density at radius 3 is 1.33 bits per heavy atom. The number of rotatable bonds is 7. The van der Waals surface area contributed by atoms with Crippen molar-refractivity contribution in [3.63, 3.8) is 0 Å². The topological polar surface area (TPSA) is 9.37 Å². The SMILES string of the molecule is Cc1cc(-c2ccc3c(c2)c2ccccc2n3-c2ccc(-c3c4ccccc4c(-c4ccccc4)c4ccccc34)cc2)c([NH+](c2ccccc2)c2ccccc2)cc1C. The first kappa shape index (κ1) is 35.6. The molecule has 0 spiro atoms. The molecule has 11 rings (SSSR count). The largest absolute Gasteiger partial charge is 0.309 e. The number of quaternary nitrogens is 1. The van der Waals surface area contributed by atoms with Gasteiger partial charge in [0.15, 0.2) is 0 Å². The predicted molar refractivity (Wildman–Crippen MR) is 254 cm³/mol. The van der Waals surface area contributed by atoms with Gasteiger partial charge in [-0.1, -0.05) is 152 Å². The van der Waals surface area contributed by atoms with Crippen molar-refractivity contribution in [2.45, 2.75) is 13.8 Å². The summed E-state index contributed by atoms with van der Waals surface area (Å²) in [5.41, 5.74) is 17.2. The minimum Gasteiger partial charge on any atom is -0.309 e. The lowest BCUT2D eigenvalue weighted by atomic mass is 9.86. The normalized spacial score (nSPS) is 11.7. The molecule has 0 aliphatic rings. The molecule has 0 atom stereocenters. The van der Waals surface area contributed by atoms with E-state index in [1.807, 2.05) is 0 Å². The number of nitrogens with one attached hydrogen (secondary N) is 1. The van der Waals surface area contributed by atoms with Crippen molar-refractivity contribution in [3.8, 4) is 39.1 Å². The van der Waals surface area contributed by atoms with Crippen LogP contribution in [-0.4, -0.2) is 4.57 Å². The second-order valence-electron chi connectivity index (χ2n) is 15.9. The average molecular weight is 768 g/mol. The summed E-state index contributed by atoms with van der Waals surface area (Å²) in [5, 5.41) is 7.54. The van der Waals surface area contributed by atoms with Crippen LogP contribution in [0.2, 0.25) is 0 Å². The van der Waals surface area contributed by atoms with Crippen LogP contribution in [0.1, 0.15) is 11.1 Å². The first-order valence-electron chi connectivity index (χ1n) is 20.8. The van der Waals surface area contributed by atoms with E-state index in [-0.39, 0.29) is 0 Å². The van der Waals surface area contributed by atoms with E-state index in [0.29, 0.717) is 0 Å². The molecule has 2 nitrogen and oxygen atoms in total. The summed E-state index contributed by atoms with van der Waals surface area (Å²) >= 11 is 0. The maximum Gasteiger partial charge on any atom is 0.149 e. The molecule has 0 aliphatic heterocycles. The molecular weight excluding hydrogens is 725 g/mol. The van der Waals surface area contributed by atoms with Gasteiger partial charge in [-0.2, -0.15) is 0 Å². The highest BCUT2D eigenvalue weighted by Crippen LogP contribution is 2.44. The van der Waals surface area contributed by atoms with Crippen LogP contribution in [0.15, 0.2) is 218 Å². The molecule has 284 valence electrons. The van der Waals surface area contributed by atoms with Crippen molar-refractivity contribution < 1.29 is 4.90 Å². The number of aryl methyl sites for hydroxylation is 2. The third-order valence-electron chi connectivity index (χ3n) is 12.4. The van der Waals surface area contributed by atoms with E-state index in [0.717, 1.165) is 5.69 Å². The van der Waals surface area contributed by atoms with Crippen molar-refractivity contribution in [2.75, 3.05) is 0 Å². The molecule has 0 bridgehead atoms. The van der Waals surface area contributed by atoms with Crippen molar-refractivity contribution in [2.24, 2.45) is 0 Å². The monoisotopic (exact) mass is 767 g/mol. The van der Waals surface area contributed by atoms with Crippen LogP contribution in [0.4, 0.5) is 17.1 Å². The van der Waals surface area contributed by atoms with Gasteiger partial charge in [0.1, 0.15) is 17.1 Å². The number of hydrogen-bond donors (Lipinski definition) is 1. The second kappa shape index (κ2) is 14.7. The van der Waals surface area contributed by atoms with Gasteiger partial charge in [0, 0.05) is 28.1 Å². The minimum absolute atomic E-state index is 1.14. The van der Waals surface area contributed by atoms with E-state index in [4.69, 9.17) is 0 Å². The Balaban J connectivity index is 1.07. The van der Waals surface area contributed by atoms with Crippen molar-refractivity contribution in [1.29, 1.82) is 0 Å². The fraction of sp³-hybridized carbons (Fsp3) is 0.0345. The third-order valence-corrected chi connectivity index (χ3v) is 12.4. The maximum absolute atomic E-state index is 2.43. The summed E-state index contributed by atoms with van der Waals surface area (Å²) in [5.74, 6) is 0. The summed E-state index contributed by atoms with van der Waals surface area (Å²) in [6.45, 7) is 4.45. The predicted octanol–water partition coefficient (Wildman–Crippen LogP) is 14.9. The summed E-state index contributed by atoms with van der Waals surface area (Å²) < 4.78 is 2.43. The maximum atomic E-state index is 2.43. The van der Waals surface area contributed by atoms with E-state index in [1.54, 1.807) is 0 Å². The molecule has 1 aromatic heterocycles. The Bertz CT molecular complexity index is 3270. The quantitative estimate of drug-likeness (QED) is 0.155. The van der Waals surface area contributed by atoms with Crippen molar-refractivity contribution >= 4 is 60.4 Å². The van der Waals surface area contributed by atoms with Crippen LogP contribution in [0.25, 0.3) is 82.4 Å². The fourth-order valence-electron chi connectivity index (χ4n) is 9.50. The molecule has 2 heteroatoms. The smallest absolute Gasteiger partial charge is 0.149 e. The number of nitrogens with zero attached hydrogens (tertiary/aromatic N) is 1. The molecule has 0 saturated heterocycles. The van der Waals surface area contributed by atoms with E-state index in [1.165, 1.54) is 110 Å². The molecule has 0 aliphatic carbocycles. The van der Waals surface area contributed by atoms with Gasteiger partial charge in [-0.25, -0.2) is 4.90 Å². The highest BCUT2D eigenvalue weighted by Gasteiger charge is 2.25. The van der Waals surface area contributed by atoms with Gasteiger partial charge in [0.05, 0.1) is 11.0 Å². The molecule has 1 heterocycles. The number of benzene rings is 10. The molecular formula is C58H43N2+. The van der Waals surface area contributed by atoms with E-state index in [9.17, 15) is 0 Å². The standard InChI is InChI=1S/C58H42N2/c1-39-36-52(56(37-40(39)2)59(44-20-8-4-9-21-44)45-22-10-5-11-23-45)43-32-35-55-53(38-43)47-24-16-17-29-54(47)60(55)46-33-30-42(31-34-46)58-50-27-14-12-25-48(50)57(41-18-6-3-7-19-41)49-26-13-15-28-51(49)58/h3-38H,1-2H3/p+1.